The van der Waals surface area contributed by atoms with Gasteiger partial charge in [0.05, 0.1) is 11.2 Å². The molecule has 0 heterocycles. The number of allylic oxidation sites excluding steroid dienone is 4. The van der Waals surface area contributed by atoms with Gasteiger partial charge in [-0.15, -0.1) is 0 Å². The topological polar surface area (TPSA) is 29.5 Å². The standard InChI is InChI=1S/C24H28BO2/c1-6-20(21-12-8-7-9-13-21)14-10-11-19-15-17-22(18-16-19)25-27-24(4,5)23(2,3)26/h6-18,26H,1H2,2-5H3/b11-10+,20-14+. The van der Waals surface area contributed by atoms with E-state index in [1.165, 1.54) is 0 Å². The molecule has 2 aromatic carbocycles. The van der Waals surface area contributed by atoms with Gasteiger partial charge in [-0.05, 0) is 44.4 Å². The Kier molecular flexibility index (Phi) is 7.01. The molecule has 0 bridgehead atoms. The van der Waals surface area contributed by atoms with Crippen LogP contribution < -0.4 is 5.46 Å². The Hall–Kier alpha value is -2.36. The van der Waals surface area contributed by atoms with Crippen LogP contribution in [-0.4, -0.2) is 23.8 Å². The van der Waals surface area contributed by atoms with Crippen molar-refractivity contribution in [2.45, 2.75) is 38.9 Å². The first-order valence-corrected chi connectivity index (χ1v) is 9.13. The fourth-order valence-electron chi connectivity index (χ4n) is 2.22. The van der Waals surface area contributed by atoms with Crippen LogP contribution in [0.25, 0.3) is 11.6 Å². The summed E-state index contributed by atoms with van der Waals surface area (Å²) in [4.78, 5) is 0. The molecule has 1 N–H and O–H groups in total. The SMILES string of the molecule is C=C/C(=C\C=C\c1ccc([B]OC(C)(C)C(C)(C)O)cc1)c1ccccc1. The number of aliphatic hydroxyl groups is 1. The lowest BCUT2D eigenvalue weighted by Gasteiger charge is -2.37. The van der Waals surface area contributed by atoms with E-state index in [4.69, 9.17) is 4.65 Å². The molecule has 0 aromatic heterocycles. The maximum Gasteiger partial charge on any atom is 0.330 e. The molecule has 139 valence electrons. The zero-order valence-electron chi connectivity index (χ0n) is 16.6. The van der Waals surface area contributed by atoms with Crippen molar-refractivity contribution < 1.29 is 9.76 Å². The number of benzene rings is 2. The molecule has 3 heteroatoms. The molecule has 0 fully saturated rings. The lowest BCUT2D eigenvalue weighted by molar-refractivity contribution is -0.0893. The zero-order valence-corrected chi connectivity index (χ0v) is 16.6. The van der Waals surface area contributed by atoms with E-state index < -0.39 is 11.2 Å². The van der Waals surface area contributed by atoms with E-state index >= 15 is 0 Å². The Labute approximate surface area is 164 Å². The highest BCUT2D eigenvalue weighted by molar-refractivity contribution is 6.47. The molecule has 1 radical (unpaired) electrons. The largest absolute Gasteiger partial charge is 0.427 e. The third-order valence-electron chi connectivity index (χ3n) is 4.79. The average molecular weight is 359 g/mol. The van der Waals surface area contributed by atoms with Crippen molar-refractivity contribution >= 4 is 24.6 Å². The molecular formula is C24H28BO2. The predicted molar refractivity (Wildman–Crippen MR) is 117 cm³/mol. The Morgan fingerprint density at radius 2 is 1.63 bits per heavy atom. The maximum absolute atomic E-state index is 10.1. The van der Waals surface area contributed by atoms with Gasteiger partial charge >= 0.3 is 7.48 Å². The van der Waals surface area contributed by atoms with Crippen LogP contribution >= 0.6 is 0 Å². The molecule has 0 saturated carbocycles. The predicted octanol–water partition coefficient (Wildman–Crippen LogP) is 4.78. The summed E-state index contributed by atoms with van der Waals surface area (Å²) < 4.78 is 5.78. The fraction of sp³-hybridized carbons (Fsp3) is 0.250. The second kappa shape index (κ2) is 9.03. The molecule has 0 aliphatic carbocycles. The first kappa shape index (κ1) is 21.0. The van der Waals surface area contributed by atoms with Gasteiger partial charge in [-0.25, -0.2) is 0 Å². The summed E-state index contributed by atoms with van der Waals surface area (Å²) in [6, 6.07) is 18.2. The van der Waals surface area contributed by atoms with E-state index in [9.17, 15) is 5.11 Å². The van der Waals surface area contributed by atoms with Crippen molar-refractivity contribution in [2.75, 3.05) is 0 Å². The first-order valence-electron chi connectivity index (χ1n) is 9.13. The van der Waals surface area contributed by atoms with Crippen LogP contribution in [0.3, 0.4) is 0 Å². The van der Waals surface area contributed by atoms with Crippen LogP contribution in [-0.2, 0) is 4.65 Å². The highest BCUT2D eigenvalue weighted by atomic mass is 16.5. The zero-order chi connectivity index (χ0) is 19.9. The van der Waals surface area contributed by atoms with Gasteiger partial charge < -0.3 is 9.76 Å². The van der Waals surface area contributed by atoms with Crippen molar-refractivity contribution in [1.82, 2.24) is 0 Å². The van der Waals surface area contributed by atoms with Gasteiger partial charge in [0.25, 0.3) is 0 Å². The van der Waals surface area contributed by atoms with Crippen LogP contribution in [0.15, 0.2) is 79.4 Å². The highest BCUT2D eigenvalue weighted by Gasteiger charge is 2.35. The summed E-state index contributed by atoms with van der Waals surface area (Å²) in [6.07, 6.45) is 7.99. The molecule has 0 unspecified atom stereocenters. The van der Waals surface area contributed by atoms with Gasteiger partial charge in [0.2, 0.25) is 0 Å². The second-order valence-electron chi connectivity index (χ2n) is 7.52. The third-order valence-corrected chi connectivity index (χ3v) is 4.79. The minimum absolute atomic E-state index is 0.672. The quantitative estimate of drug-likeness (QED) is 0.543. The van der Waals surface area contributed by atoms with Gasteiger partial charge in [0.1, 0.15) is 0 Å². The Morgan fingerprint density at radius 3 is 2.19 bits per heavy atom. The van der Waals surface area contributed by atoms with Gasteiger partial charge in [-0.2, -0.15) is 0 Å². The Bertz CT molecular complexity index is 795. The molecule has 0 amide bonds. The van der Waals surface area contributed by atoms with Crippen LogP contribution in [0.1, 0.15) is 38.8 Å². The summed E-state index contributed by atoms with van der Waals surface area (Å²) in [5.74, 6) is 0. The minimum atomic E-state index is -0.930. The molecule has 0 atom stereocenters. The second-order valence-corrected chi connectivity index (χ2v) is 7.52. The van der Waals surface area contributed by atoms with E-state index in [0.717, 1.165) is 22.2 Å². The third kappa shape index (κ3) is 6.09. The molecule has 0 spiro atoms. The monoisotopic (exact) mass is 359 g/mol. The lowest BCUT2D eigenvalue weighted by Crippen LogP contribution is -2.49. The van der Waals surface area contributed by atoms with Gasteiger partial charge in [0.15, 0.2) is 0 Å². The number of hydrogen-bond acceptors (Lipinski definition) is 2. The molecule has 0 aliphatic heterocycles. The van der Waals surface area contributed by atoms with Crippen molar-refractivity contribution in [1.29, 1.82) is 0 Å². The number of hydrogen-bond donors (Lipinski definition) is 1. The Balaban J connectivity index is 2.00. The van der Waals surface area contributed by atoms with Crippen LogP contribution in [0.5, 0.6) is 0 Å². The summed E-state index contributed by atoms with van der Waals surface area (Å²) in [5.41, 5.74) is 2.68. The summed E-state index contributed by atoms with van der Waals surface area (Å²) in [6.45, 7) is 11.1. The smallest absolute Gasteiger partial charge is 0.330 e. The highest BCUT2D eigenvalue weighted by Crippen LogP contribution is 2.24. The summed E-state index contributed by atoms with van der Waals surface area (Å²) in [7, 11) is 1.69. The van der Waals surface area contributed by atoms with E-state index in [-0.39, 0.29) is 0 Å². The van der Waals surface area contributed by atoms with Crippen LogP contribution in [0, 0.1) is 0 Å². The van der Waals surface area contributed by atoms with E-state index in [1.807, 2.05) is 68.5 Å². The van der Waals surface area contributed by atoms with E-state index in [2.05, 4.69) is 30.9 Å². The van der Waals surface area contributed by atoms with Gasteiger partial charge in [0, 0.05) is 0 Å². The van der Waals surface area contributed by atoms with Crippen LogP contribution in [0.4, 0.5) is 0 Å². The number of rotatable bonds is 8. The first-order chi connectivity index (χ1) is 12.7. The lowest BCUT2D eigenvalue weighted by atomic mass is 9.82. The summed E-state index contributed by atoms with van der Waals surface area (Å²) >= 11 is 0. The molecule has 0 aliphatic rings. The molecule has 2 aromatic rings. The van der Waals surface area contributed by atoms with Crippen molar-refractivity contribution in [3.63, 3.8) is 0 Å². The molecule has 0 saturated heterocycles. The van der Waals surface area contributed by atoms with Crippen molar-refractivity contribution in [3.05, 3.63) is 90.5 Å². The van der Waals surface area contributed by atoms with Crippen molar-refractivity contribution in [3.8, 4) is 0 Å². The molecule has 2 rings (SSSR count). The van der Waals surface area contributed by atoms with Gasteiger partial charge in [-0.1, -0.05) is 90.9 Å². The van der Waals surface area contributed by atoms with Gasteiger partial charge in [-0.3, -0.25) is 0 Å². The van der Waals surface area contributed by atoms with E-state index in [1.54, 1.807) is 21.3 Å². The molecular weight excluding hydrogens is 331 g/mol. The maximum atomic E-state index is 10.1. The molecule has 2 nitrogen and oxygen atoms in total. The minimum Gasteiger partial charge on any atom is -0.427 e. The average Bonchev–Trinajstić information content (AvgIpc) is 2.64. The fourth-order valence-corrected chi connectivity index (χ4v) is 2.22. The van der Waals surface area contributed by atoms with E-state index in [0.29, 0.717) is 0 Å². The summed E-state index contributed by atoms with van der Waals surface area (Å²) in [5, 5.41) is 10.1. The molecule has 27 heavy (non-hydrogen) atoms. The normalized spacial score (nSPS) is 13.0. The van der Waals surface area contributed by atoms with Crippen LogP contribution in [0.2, 0.25) is 0 Å². The Morgan fingerprint density at radius 1 is 1.00 bits per heavy atom. The van der Waals surface area contributed by atoms with Crippen molar-refractivity contribution in [2.24, 2.45) is 0 Å².